The second-order valence-electron chi connectivity index (χ2n) is 6.10. The molecule has 1 aliphatic rings. The number of aromatic nitrogens is 2. The fourth-order valence-corrected chi connectivity index (χ4v) is 3.98. The minimum Gasteiger partial charge on any atom is -0.352 e. The fraction of sp³-hybridized carbons (Fsp3) is 0.714. The molecule has 8 nitrogen and oxygen atoms in total. The summed E-state index contributed by atoms with van der Waals surface area (Å²) in [6.07, 6.45) is 2.94. The Balaban J connectivity index is 2.28. The number of hydrogen-bond donors (Lipinski definition) is 2. The predicted molar refractivity (Wildman–Crippen MR) is 86.8 cm³/mol. The summed E-state index contributed by atoms with van der Waals surface area (Å²) in [6, 6.07) is -1.19. The summed E-state index contributed by atoms with van der Waals surface area (Å²) in [5, 5.41) is 7.12. The Kier molecular flexibility index (Phi) is 5.12. The van der Waals surface area contributed by atoms with Gasteiger partial charge in [0.2, 0.25) is 5.91 Å². The van der Waals surface area contributed by atoms with Gasteiger partial charge in [0.05, 0.1) is 11.7 Å². The monoisotopic (exact) mass is 343 g/mol. The van der Waals surface area contributed by atoms with E-state index in [1.54, 1.807) is 17.9 Å². The molecule has 9 heteroatoms. The van der Waals surface area contributed by atoms with Crippen molar-refractivity contribution in [3.05, 3.63) is 17.5 Å². The average Bonchev–Trinajstić information content (AvgIpc) is 2.80. The molecule has 0 radical (unpaired) electrons. The number of likely N-dealkylation sites (N-methyl/N-ethyl adjacent to an activating group) is 1. The van der Waals surface area contributed by atoms with Gasteiger partial charge in [-0.05, 0) is 26.7 Å². The van der Waals surface area contributed by atoms with Crippen LogP contribution in [0.1, 0.15) is 44.0 Å². The van der Waals surface area contributed by atoms with E-state index in [1.807, 2.05) is 20.8 Å². The van der Waals surface area contributed by atoms with Gasteiger partial charge in [0.15, 0.2) is 0 Å². The molecule has 3 atom stereocenters. The molecule has 2 rings (SSSR count). The van der Waals surface area contributed by atoms with Crippen molar-refractivity contribution in [3.63, 3.8) is 0 Å². The van der Waals surface area contributed by atoms with E-state index in [0.717, 1.165) is 22.0 Å². The van der Waals surface area contributed by atoms with E-state index < -0.39 is 22.3 Å². The first-order chi connectivity index (χ1) is 10.7. The van der Waals surface area contributed by atoms with Crippen LogP contribution in [0.5, 0.6) is 0 Å². The van der Waals surface area contributed by atoms with E-state index in [9.17, 15) is 13.2 Å². The molecule has 0 aromatic carbocycles. The number of carbonyl (C=O) groups is 1. The summed E-state index contributed by atoms with van der Waals surface area (Å²) in [5.41, 5.74) is 1.55. The van der Waals surface area contributed by atoms with Crippen molar-refractivity contribution in [2.24, 2.45) is 7.05 Å². The zero-order valence-corrected chi connectivity index (χ0v) is 15.0. The number of carbonyl (C=O) groups excluding carboxylic acids is 1. The Morgan fingerprint density at radius 2 is 2.17 bits per heavy atom. The molecule has 0 bridgehead atoms. The van der Waals surface area contributed by atoms with Gasteiger partial charge in [-0.15, -0.1) is 0 Å². The minimum atomic E-state index is -3.72. The summed E-state index contributed by atoms with van der Waals surface area (Å²) in [5.74, 6) is -0.265. The van der Waals surface area contributed by atoms with Crippen molar-refractivity contribution < 1.29 is 13.2 Å². The van der Waals surface area contributed by atoms with Crippen molar-refractivity contribution >= 4 is 16.1 Å². The van der Waals surface area contributed by atoms with E-state index in [2.05, 4.69) is 15.1 Å². The molecule has 23 heavy (non-hydrogen) atoms. The standard InChI is InChI=1S/C14H25N5O3S/c1-6-9(2)15-14(20)13-7-12(17-23(21,22)19(13)5)11-8-18(4)16-10(11)3/h8-9,12-13,17H,6-7H2,1-5H3,(H,15,20)/t9-,12-,13-/m1/s1. The Bertz CT molecular complexity index is 685. The fourth-order valence-electron chi connectivity index (χ4n) is 2.71. The maximum Gasteiger partial charge on any atom is 0.280 e. The van der Waals surface area contributed by atoms with Crippen LogP contribution in [0.25, 0.3) is 0 Å². The molecule has 2 N–H and O–H groups in total. The highest BCUT2D eigenvalue weighted by atomic mass is 32.2. The molecular formula is C14H25N5O3S. The summed E-state index contributed by atoms with van der Waals surface area (Å²) in [6.45, 7) is 5.70. The molecule has 1 amide bonds. The smallest absolute Gasteiger partial charge is 0.280 e. The van der Waals surface area contributed by atoms with Gasteiger partial charge in [-0.1, -0.05) is 6.92 Å². The number of hydrogen-bond acceptors (Lipinski definition) is 4. The molecular weight excluding hydrogens is 318 g/mol. The van der Waals surface area contributed by atoms with Crippen molar-refractivity contribution in [2.45, 2.75) is 51.7 Å². The van der Waals surface area contributed by atoms with Crippen LogP contribution in [0, 0.1) is 6.92 Å². The molecule has 0 saturated carbocycles. The molecule has 0 spiro atoms. The number of aryl methyl sites for hydroxylation is 2. The van der Waals surface area contributed by atoms with Gasteiger partial charge in [-0.25, -0.2) is 0 Å². The molecule has 1 aliphatic heterocycles. The summed E-state index contributed by atoms with van der Waals surface area (Å²) in [7, 11) is -0.507. The van der Waals surface area contributed by atoms with Crippen LogP contribution >= 0.6 is 0 Å². The van der Waals surface area contributed by atoms with Crippen LogP contribution in [0.3, 0.4) is 0 Å². The van der Waals surface area contributed by atoms with Gasteiger partial charge in [0, 0.05) is 31.9 Å². The minimum absolute atomic E-state index is 0.00654. The van der Waals surface area contributed by atoms with Crippen molar-refractivity contribution in [1.29, 1.82) is 0 Å². The first-order valence-electron chi connectivity index (χ1n) is 7.71. The van der Waals surface area contributed by atoms with Crippen LogP contribution in [0.2, 0.25) is 0 Å². The molecule has 0 unspecified atom stereocenters. The SMILES string of the molecule is CC[C@@H](C)NC(=O)[C@H]1C[C@H](c2cn(C)nc2C)NS(=O)(=O)N1C. The topological polar surface area (TPSA) is 96.3 Å². The molecule has 1 aromatic heterocycles. The second-order valence-corrected chi connectivity index (χ2v) is 7.87. The number of nitrogens with zero attached hydrogens (tertiary/aromatic N) is 3. The molecule has 1 fully saturated rings. The van der Waals surface area contributed by atoms with Gasteiger partial charge in [0.1, 0.15) is 6.04 Å². The zero-order valence-electron chi connectivity index (χ0n) is 14.2. The lowest BCUT2D eigenvalue weighted by molar-refractivity contribution is -0.125. The highest BCUT2D eigenvalue weighted by Crippen LogP contribution is 2.29. The summed E-state index contributed by atoms with van der Waals surface area (Å²) >= 11 is 0. The van der Waals surface area contributed by atoms with Crippen LogP contribution in [-0.4, -0.2) is 47.5 Å². The number of amides is 1. The predicted octanol–water partition coefficient (Wildman–Crippen LogP) is 0.223. The van der Waals surface area contributed by atoms with Gasteiger partial charge in [0.25, 0.3) is 10.2 Å². The highest BCUT2D eigenvalue weighted by molar-refractivity contribution is 7.87. The van der Waals surface area contributed by atoms with E-state index in [4.69, 9.17) is 0 Å². The average molecular weight is 343 g/mol. The van der Waals surface area contributed by atoms with Crippen molar-refractivity contribution in [1.82, 2.24) is 24.1 Å². The van der Waals surface area contributed by atoms with Crippen molar-refractivity contribution in [2.75, 3.05) is 7.05 Å². The summed E-state index contributed by atoms with van der Waals surface area (Å²) in [4.78, 5) is 12.5. The number of nitrogens with one attached hydrogen (secondary N) is 2. The zero-order chi connectivity index (χ0) is 17.4. The molecule has 1 aromatic rings. The maximum atomic E-state index is 12.5. The Morgan fingerprint density at radius 3 is 2.70 bits per heavy atom. The first-order valence-corrected chi connectivity index (χ1v) is 9.15. The Labute approximate surface area is 137 Å². The van der Waals surface area contributed by atoms with Crippen LogP contribution < -0.4 is 10.0 Å². The van der Waals surface area contributed by atoms with Crippen molar-refractivity contribution in [3.8, 4) is 0 Å². The van der Waals surface area contributed by atoms with Gasteiger partial charge >= 0.3 is 0 Å². The van der Waals surface area contributed by atoms with E-state index in [-0.39, 0.29) is 11.9 Å². The normalized spacial score (nSPS) is 26.0. The van der Waals surface area contributed by atoms with Gasteiger partial charge in [-0.2, -0.15) is 22.5 Å². The Hall–Kier alpha value is -1.45. The maximum absolute atomic E-state index is 12.5. The van der Waals surface area contributed by atoms with Crippen LogP contribution in [0.4, 0.5) is 0 Å². The van der Waals surface area contributed by atoms with Crippen LogP contribution in [-0.2, 0) is 22.1 Å². The highest BCUT2D eigenvalue weighted by Gasteiger charge is 2.41. The molecule has 2 heterocycles. The first kappa shape index (κ1) is 17.9. The molecule has 130 valence electrons. The molecule has 0 aliphatic carbocycles. The van der Waals surface area contributed by atoms with Crippen LogP contribution in [0.15, 0.2) is 6.20 Å². The van der Waals surface area contributed by atoms with E-state index in [0.29, 0.717) is 6.42 Å². The second kappa shape index (κ2) is 6.58. The lowest BCUT2D eigenvalue weighted by Gasteiger charge is -2.36. The summed E-state index contributed by atoms with van der Waals surface area (Å²) < 4.78 is 30.1. The third kappa shape index (κ3) is 3.73. The van der Waals surface area contributed by atoms with Gasteiger partial charge < -0.3 is 5.32 Å². The quantitative estimate of drug-likeness (QED) is 0.817. The largest absolute Gasteiger partial charge is 0.352 e. The third-order valence-corrected chi connectivity index (χ3v) is 5.89. The Morgan fingerprint density at radius 1 is 1.52 bits per heavy atom. The lowest BCUT2D eigenvalue weighted by atomic mass is 10.00. The third-order valence-electron chi connectivity index (χ3n) is 4.30. The molecule has 1 saturated heterocycles. The lowest BCUT2D eigenvalue weighted by Crippen LogP contribution is -2.58. The van der Waals surface area contributed by atoms with Gasteiger partial charge in [-0.3, -0.25) is 9.48 Å². The van der Waals surface area contributed by atoms with E-state index in [1.165, 1.54) is 7.05 Å². The number of rotatable bonds is 4. The van der Waals surface area contributed by atoms with E-state index >= 15 is 0 Å².